The normalized spacial score (nSPS) is 10.0. The van der Waals surface area contributed by atoms with Crippen molar-refractivity contribution in [1.29, 1.82) is 0 Å². The van der Waals surface area contributed by atoms with Crippen LogP contribution in [0.3, 0.4) is 0 Å². The summed E-state index contributed by atoms with van der Waals surface area (Å²) in [4.78, 5) is 23.4. The van der Waals surface area contributed by atoms with Gasteiger partial charge >= 0.3 is 0 Å². The third-order valence-corrected chi connectivity index (χ3v) is 2.08. The van der Waals surface area contributed by atoms with Crippen molar-refractivity contribution in [3.8, 4) is 0 Å². The molecule has 0 bridgehead atoms. The van der Waals surface area contributed by atoms with Gasteiger partial charge in [-0.2, -0.15) is 0 Å². The van der Waals surface area contributed by atoms with Crippen molar-refractivity contribution in [3.05, 3.63) is 35.9 Å². The zero-order chi connectivity index (χ0) is 11.1. The molecule has 0 amide bonds. The Balaban J connectivity index is 2.39. The minimum Gasteiger partial charge on any atom is -0.335 e. The number of benzene rings is 1. The zero-order valence-corrected chi connectivity index (χ0v) is 8.85. The Hall–Kier alpha value is -1.42. The summed E-state index contributed by atoms with van der Waals surface area (Å²) in [6.45, 7) is 0.327. The van der Waals surface area contributed by atoms with Crippen LogP contribution in [-0.2, 0) is 16.0 Å². The van der Waals surface area contributed by atoms with Gasteiger partial charge in [-0.15, -0.1) is 0 Å². The lowest BCUT2D eigenvalue weighted by molar-refractivity contribution is -0.118. The molecule has 0 N–H and O–H groups in total. The van der Waals surface area contributed by atoms with E-state index in [1.54, 1.807) is 11.9 Å². The third-order valence-electron chi connectivity index (χ3n) is 2.08. The number of nitrogens with zero attached hydrogens (tertiary/aromatic N) is 1. The second-order valence-electron chi connectivity index (χ2n) is 3.56. The van der Waals surface area contributed by atoms with Crippen LogP contribution in [0.4, 0.5) is 0 Å². The number of hydrogen-bond acceptors (Lipinski definition) is 3. The average Bonchev–Trinajstić information content (AvgIpc) is 2.19. The standard InChI is InChI=1S/C11H14BNO2/c1-13(12-9-14)8-11(15)7-10-5-3-2-4-6-10/h2-6,9,12H,7-8H2,1H3. The SMILES string of the molecule is CN(BC=O)CC(=O)Cc1ccccc1. The first kappa shape index (κ1) is 11.7. The first-order chi connectivity index (χ1) is 7.22. The van der Waals surface area contributed by atoms with Crippen LogP contribution in [0.5, 0.6) is 0 Å². The van der Waals surface area contributed by atoms with E-state index >= 15 is 0 Å². The van der Waals surface area contributed by atoms with E-state index in [-0.39, 0.29) is 5.78 Å². The minimum absolute atomic E-state index is 0.130. The summed E-state index contributed by atoms with van der Waals surface area (Å²) in [5.74, 6) is 0.130. The summed E-state index contributed by atoms with van der Waals surface area (Å²) in [7, 11) is 2.07. The molecule has 78 valence electrons. The minimum atomic E-state index is 0.130. The number of likely N-dealkylation sites (N-methyl/N-ethyl adjacent to an activating group) is 1. The van der Waals surface area contributed by atoms with Crippen molar-refractivity contribution >= 4 is 19.4 Å². The number of carbonyl (C=O) groups is 2. The van der Waals surface area contributed by atoms with Gasteiger partial charge in [0, 0.05) is 13.0 Å². The Labute approximate surface area is 90.3 Å². The van der Waals surface area contributed by atoms with Crippen molar-refractivity contribution in [1.82, 2.24) is 4.81 Å². The highest BCUT2D eigenvalue weighted by atomic mass is 16.1. The zero-order valence-electron chi connectivity index (χ0n) is 8.85. The second kappa shape index (κ2) is 6.14. The van der Waals surface area contributed by atoms with Gasteiger partial charge < -0.3 is 9.61 Å². The Bertz CT molecular complexity index is 327. The molecule has 0 saturated carbocycles. The quantitative estimate of drug-likeness (QED) is 0.492. The van der Waals surface area contributed by atoms with Crippen LogP contribution < -0.4 is 0 Å². The van der Waals surface area contributed by atoms with E-state index in [1.807, 2.05) is 30.3 Å². The molecule has 4 heteroatoms. The summed E-state index contributed by atoms with van der Waals surface area (Å²) in [6, 6.07) is 9.61. The number of hydrogen-bond donors (Lipinski definition) is 0. The molecule has 0 aliphatic carbocycles. The van der Waals surface area contributed by atoms with Crippen LogP contribution in [0.1, 0.15) is 5.56 Å². The lowest BCUT2D eigenvalue weighted by Gasteiger charge is -2.10. The van der Waals surface area contributed by atoms with E-state index in [0.29, 0.717) is 20.4 Å². The van der Waals surface area contributed by atoms with Crippen LogP contribution in [0.15, 0.2) is 30.3 Å². The Morgan fingerprint density at radius 1 is 1.40 bits per heavy atom. The van der Waals surface area contributed by atoms with Crippen LogP contribution in [0.2, 0.25) is 0 Å². The molecule has 3 nitrogen and oxygen atoms in total. The number of rotatable bonds is 6. The van der Waals surface area contributed by atoms with E-state index in [0.717, 1.165) is 11.7 Å². The molecule has 0 aliphatic heterocycles. The Morgan fingerprint density at radius 3 is 2.67 bits per heavy atom. The van der Waals surface area contributed by atoms with E-state index < -0.39 is 0 Å². The molecule has 0 radical (unpaired) electrons. The van der Waals surface area contributed by atoms with Gasteiger partial charge in [0.2, 0.25) is 0 Å². The largest absolute Gasteiger partial charge is 0.335 e. The van der Waals surface area contributed by atoms with Gasteiger partial charge in [0.25, 0.3) is 7.41 Å². The molecule has 0 aromatic heterocycles. The molecule has 0 unspecified atom stereocenters. The Kier molecular flexibility index (Phi) is 4.77. The number of Topliss-reactive ketones (excluding diaryl/α,β-unsaturated/α-hetero) is 1. The first-order valence-corrected chi connectivity index (χ1v) is 4.90. The maximum absolute atomic E-state index is 11.5. The van der Waals surface area contributed by atoms with Gasteiger partial charge in [0.1, 0.15) is 5.78 Å². The summed E-state index contributed by atoms with van der Waals surface area (Å²) < 4.78 is 0. The molecule has 0 aliphatic rings. The lowest BCUT2D eigenvalue weighted by Crippen LogP contribution is -2.31. The lowest BCUT2D eigenvalue weighted by atomic mass is 9.95. The van der Waals surface area contributed by atoms with E-state index in [1.165, 1.54) is 0 Å². The number of carbonyl (C=O) groups excluding carboxylic acids is 2. The summed E-state index contributed by atoms with van der Waals surface area (Å²) in [5.41, 5.74) is 1.02. The molecule has 1 aromatic rings. The van der Waals surface area contributed by atoms with Crippen molar-refractivity contribution < 1.29 is 9.59 Å². The predicted octanol–water partition coefficient (Wildman–Crippen LogP) is 0.272. The van der Waals surface area contributed by atoms with Gasteiger partial charge in [-0.1, -0.05) is 30.3 Å². The van der Waals surface area contributed by atoms with Crippen molar-refractivity contribution in [3.63, 3.8) is 0 Å². The molecule has 0 atom stereocenters. The Morgan fingerprint density at radius 2 is 2.07 bits per heavy atom. The third kappa shape index (κ3) is 4.56. The average molecular weight is 203 g/mol. The molecule has 15 heavy (non-hydrogen) atoms. The molecule has 1 aromatic carbocycles. The molecule has 0 saturated heterocycles. The summed E-state index contributed by atoms with van der Waals surface area (Å²) >= 11 is 0. The fraction of sp³-hybridized carbons (Fsp3) is 0.273. The monoisotopic (exact) mass is 203 g/mol. The molecule has 0 heterocycles. The van der Waals surface area contributed by atoms with Gasteiger partial charge in [0.05, 0.1) is 6.19 Å². The highest BCUT2D eigenvalue weighted by Crippen LogP contribution is 2.00. The fourth-order valence-electron chi connectivity index (χ4n) is 1.37. The van der Waals surface area contributed by atoms with Gasteiger partial charge in [-0.05, 0) is 12.6 Å². The van der Waals surface area contributed by atoms with E-state index in [9.17, 15) is 9.59 Å². The van der Waals surface area contributed by atoms with Crippen LogP contribution in [0.25, 0.3) is 0 Å². The van der Waals surface area contributed by atoms with Crippen LogP contribution in [-0.4, -0.2) is 37.8 Å². The topological polar surface area (TPSA) is 37.4 Å². The van der Waals surface area contributed by atoms with Crippen molar-refractivity contribution in [2.45, 2.75) is 6.42 Å². The molecular formula is C11H14BNO2. The maximum atomic E-state index is 11.5. The van der Waals surface area contributed by atoms with Gasteiger partial charge in [-0.3, -0.25) is 4.79 Å². The van der Waals surface area contributed by atoms with Crippen LogP contribution >= 0.6 is 0 Å². The predicted molar refractivity (Wildman–Crippen MR) is 61.7 cm³/mol. The van der Waals surface area contributed by atoms with E-state index in [4.69, 9.17) is 0 Å². The molecule has 0 spiro atoms. The fourth-order valence-corrected chi connectivity index (χ4v) is 1.37. The molecule has 0 fully saturated rings. The first-order valence-electron chi connectivity index (χ1n) is 4.90. The molecular weight excluding hydrogens is 189 g/mol. The second-order valence-corrected chi connectivity index (χ2v) is 3.56. The highest BCUT2D eigenvalue weighted by molar-refractivity contribution is 6.64. The van der Waals surface area contributed by atoms with Crippen molar-refractivity contribution in [2.24, 2.45) is 0 Å². The maximum Gasteiger partial charge on any atom is 0.281 e. The molecule has 1 rings (SSSR count). The highest BCUT2D eigenvalue weighted by Gasteiger charge is 2.07. The number of ketones is 1. The van der Waals surface area contributed by atoms with Crippen molar-refractivity contribution in [2.75, 3.05) is 13.6 Å². The van der Waals surface area contributed by atoms with Gasteiger partial charge in [0.15, 0.2) is 0 Å². The smallest absolute Gasteiger partial charge is 0.281 e. The van der Waals surface area contributed by atoms with Gasteiger partial charge in [-0.25, -0.2) is 0 Å². The van der Waals surface area contributed by atoms with E-state index in [2.05, 4.69) is 0 Å². The van der Waals surface area contributed by atoms with Crippen LogP contribution in [0, 0.1) is 0 Å². The summed E-state index contributed by atoms with van der Waals surface area (Å²) in [5, 5.41) is 0. The summed E-state index contributed by atoms with van der Waals surface area (Å²) in [6.07, 6.45) is 1.24.